The lowest BCUT2D eigenvalue weighted by Crippen LogP contribution is -2.43. The minimum absolute atomic E-state index is 0.709. The van der Waals surface area contributed by atoms with E-state index in [1.807, 2.05) is 0 Å². The lowest BCUT2D eigenvalue weighted by Gasteiger charge is -2.34. The van der Waals surface area contributed by atoms with Crippen LogP contribution in [0.15, 0.2) is 0 Å². The zero-order valence-corrected chi connectivity index (χ0v) is 10.5. The normalized spacial score (nSPS) is 39.0. The van der Waals surface area contributed by atoms with Crippen LogP contribution in [0.5, 0.6) is 0 Å². The average Bonchev–Trinajstić information content (AvgIpc) is 2.91. The van der Waals surface area contributed by atoms with Crippen LogP contribution in [0.4, 0.5) is 0 Å². The topological polar surface area (TPSA) is 15.3 Å². The number of hydrogen-bond donors (Lipinski definition) is 1. The Balaban J connectivity index is 1.67. The molecule has 1 saturated carbocycles. The molecular formula is C13H26N2. The number of rotatable bonds is 4. The molecule has 88 valence electrons. The molecule has 0 bridgehead atoms. The first-order valence-corrected chi connectivity index (χ1v) is 6.58. The Bertz CT molecular complexity index is 205. The highest BCUT2D eigenvalue weighted by atomic mass is 15.1. The zero-order chi connectivity index (χ0) is 10.8. The summed E-state index contributed by atoms with van der Waals surface area (Å²) in [5, 5.41) is 3.74. The molecule has 2 nitrogen and oxygen atoms in total. The second-order valence-electron chi connectivity index (χ2n) is 5.83. The Morgan fingerprint density at radius 1 is 1.47 bits per heavy atom. The monoisotopic (exact) mass is 210 g/mol. The molecule has 0 spiro atoms. The third-order valence-electron chi connectivity index (χ3n) is 4.35. The molecule has 4 unspecified atom stereocenters. The fourth-order valence-electron chi connectivity index (χ4n) is 2.80. The van der Waals surface area contributed by atoms with E-state index in [2.05, 4.69) is 31.1 Å². The molecule has 0 amide bonds. The average molecular weight is 210 g/mol. The molecule has 1 aliphatic heterocycles. The van der Waals surface area contributed by atoms with Crippen LogP contribution in [0.2, 0.25) is 0 Å². The van der Waals surface area contributed by atoms with Gasteiger partial charge in [0.05, 0.1) is 0 Å². The first kappa shape index (κ1) is 11.4. The Labute approximate surface area is 94.4 Å². The molecule has 2 fully saturated rings. The van der Waals surface area contributed by atoms with Crippen LogP contribution in [-0.2, 0) is 0 Å². The zero-order valence-electron chi connectivity index (χ0n) is 10.5. The third kappa shape index (κ3) is 3.18. The summed E-state index contributed by atoms with van der Waals surface area (Å²) in [6, 6.07) is 0.709. The van der Waals surface area contributed by atoms with Crippen molar-refractivity contribution in [3.05, 3.63) is 0 Å². The van der Waals surface area contributed by atoms with Crippen molar-refractivity contribution in [1.82, 2.24) is 10.2 Å². The fraction of sp³-hybridized carbons (Fsp3) is 1.00. The second-order valence-corrected chi connectivity index (χ2v) is 5.83. The largest absolute Gasteiger partial charge is 0.314 e. The lowest BCUT2D eigenvalue weighted by atomic mass is 9.92. The molecule has 1 saturated heterocycles. The van der Waals surface area contributed by atoms with Crippen LogP contribution in [0.1, 0.15) is 33.1 Å². The third-order valence-corrected chi connectivity index (χ3v) is 4.35. The van der Waals surface area contributed by atoms with Gasteiger partial charge >= 0.3 is 0 Å². The summed E-state index contributed by atoms with van der Waals surface area (Å²) in [5.41, 5.74) is 0. The van der Waals surface area contributed by atoms with Gasteiger partial charge in [0, 0.05) is 12.6 Å². The predicted octanol–water partition coefficient (Wildman–Crippen LogP) is 1.96. The summed E-state index contributed by atoms with van der Waals surface area (Å²) >= 11 is 0. The van der Waals surface area contributed by atoms with E-state index in [-0.39, 0.29) is 0 Å². The summed E-state index contributed by atoms with van der Waals surface area (Å²) in [6.45, 7) is 8.57. The highest BCUT2D eigenvalue weighted by molar-refractivity contribution is 4.86. The Morgan fingerprint density at radius 3 is 2.80 bits per heavy atom. The van der Waals surface area contributed by atoms with Crippen LogP contribution in [-0.4, -0.2) is 37.6 Å². The van der Waals surface area contributed by atoms with Crippen molar-refractivity contribution in [2.75, 3.05) is 26.7 Å². The van der Waals surface area contributed by atoms with Crippen molar-refractivity contribution in [2.24, 2.45) is 17.8 Å². The summed E-state index contributed by atoms with van der Waals surface area (Å²) in [6.07, 6.45) is 4.25. The maximum atomic E-state index is 3.74. The minimum Gasteiger partial charge on any atom is -0.314 e. The summed E-state index contributed by atoms with van der Waals surface area (Å²) in [4.78, 5) is 2.48. The maximum Gasteiger partial charge on any atom is 0.00793 e. The summed E-state index contributed by atoms with van der Waals surface area (Å²) < 4.78 is 0. The molecular weight excluding hydrogens is 184 g/mol. The van der Waals surface area contributed by atoms with Crippen molar-refractivity contribution in [3.63, 3.8) is 0 Å². The first-order valence-electron chi connectivity index (χ1n) is 6.58. The summed E-state index contributed by atoms with van der Waals surface area (Å²) in [5.74, 6) is 2.84. The van der Waals surface area contributed by atoms with E-state index < -0.39 is 0 Å². The van der Waals surface area contributed by atoms with Gasteiger partial charge in [0.2, 0.25) is 0 Å². The van der Waals surface area contributed by atoms with Gasteiger partial charge in [0.1, 0.15) is 0 Å². The SMILES string of the molecule is CC1CC1CNC(C)C1CCCN(C)C1. The molecule has 4 atom stereocenters. The minimum atomic E-state index is 0.709. The second kappa shape index (κ2) is 4.84. The van der Waals surface area contributed by atoms with Crippen LogP contribution >= 0.6 is 0 Å². The highest BCUT2D eigenvalue weighted by Gasteiger charge is 2.33. The molecule has 0 aromatic rings. The molecule has 1 heterocycles. The molecule has 0 aromatic heterocycles. The van der Waals surface area contributed by atoms with Gasteiger partial charge in [0.25, 0.3) is 0 Å². The van der Waals surface area contributed by atoms with Gasteiger partial charge in [-0.05, 0) is 64.1 Å². The van der Waals surface area contributed by atoms with Crippen LogP contribution < -0.4 is 5.32 Å². The van der Waals surface area contributed by atoms with Crippen molar-refractivity contribution in [2.45, 2.75) is 39.2 Å². The van der Waals surface area contributed by atoms with Gasteiger partial charge in [-0.2, -0.15) is 0 Å². The van der Waals surface area contributed by atoms with E-state index in [1.54, 1.807) is 0 Å². The molecule has 15 heavy (non-hydrogen) atoms. The number of piperidine rings is 1. The van der Waals surface area contributed by atoms with E-state index in [1.165, 1.54) is 38.9 Å². The van der Waals surface area contributed by atoms with E-state index in [4.69, 9.17) is 0 Å². The quantitative estimate of drug-likeness (QED) is 0.763. The van der Waals surface area contributed by atoms with Crippen LogP contribution in [0.25, 0.3) is 0 Å². The number of nitrogens with one attached hydrogen (secondary N) is 1. The van der Waals surface area contributed by atoms with Gasteiger partial charge in [-0.25, -0.2) is 0 Å². The number of nitrogens with zero attached hydrogens (tertiary/aromatic N) is 1. The Morgan fingerprint density at radius 2 is 2.20 bits per heavy atom. The Kier molecular flexibility index (Phi) is 3.68. The van der Waals surface area contributed by atoms with Gasteiger partial charge in [-0.15, -0.1) is 0 Å². The fourth-order valence-corrected chi connectivity index (χ4v) is 2.80. The van der Waals surface area contributed by atoms with Crippen LogP contribution in [0.3, 0.4) is 0 Å². The van der Waals surface area contributed by atoms with Gasteiger partial charge in [-0.1, -0.05) is 6.92 Å². The van der Waals surface area contributed by atoms with E-state index in [0.29, 0.717) is 6.04 Å². The van der Waals surface area contributed by atoms with Gasteiger partial charge in [-0.3, -0.25) is 0 Å². The van der Waals surface area contributed by atoms with Crippen LogP contribution in [0, 0.1) is 17.8 Å². The van der Waals surface area contributed by atoms with E-state index in [0.717, 1.165) is 17.8 Å². The summed E-state index contributed by atoms with van der Waals surface area (Å²) in [7, 11) is 2.25. The van der Waals surface area contributed by atoms with Crippen molar-refractivity contribution in [1.29, 1.82) is 0 Å². The van der Waals surface area contributed by atoms with Gasteiger partial charge in [0.15, 0.2) is 0 Å². The highest BCUT2D eigenvalue weighted by Crippen LogP contribution is 2.37. The molecule has 2 aliphatic rings. The molecule has 1 N–H and O–H groups in total. The van der Waals surface area contributed by atoms with Crippen molar-refractivity contribution < 1.29 is 0 Å². The van der Waals surface area contributed by atoms with Crippen molar-refractivity contribution in [3.8, 4) is 0 Å². The maximum absolute atomic E-state index is 3.74. The van der Waals surface area contributed by atoms with E-state index >= 15 is 0 Å². The first-order chi connectivity index (χ1) is 7.16. The standard InChI is InChI=1S/C13H26N2/c1-10-7-13(10)8-14-11(2)12-5-4-6-15(3)9-12/h10-14H,4-9H2,1-3H3. The molecule has 2 rings (SSSR count). The lowest BCUT2D eigenvalue weighted by molar-refractivity contribution is 0.178. The molecule has 1 aliphatic carbocycles. The molecule has 0 radical (unpaired) electrons. The number of likely N-dealkylation sites (tertiary alicyclic amines) is 1. The Hall–Kier alpha value is -0.0800. The predicted molar refractivity (Wildman–Crippen MR) is 65.0 cm³/mol. The van der Waals surface area contributed by atoms with E-state index in [9.17, 15) is 0 Å². The molecule has 2 heteroatoms. The molecule has 0 aromatic carbocycles. The smallest absolute Gasteiger partial charge is 0.00793 e. The number of hydrogen-bond acceptors (Lipinski definition) is 2. The van der Waals surface area contributed by atoms with Gasteiger partial charge < -0.3 is 10.2 Å². The van der Waals surface area contributed by atoms with Crippen molar-refractivity contribution >= 4 is 0 Å².